The molecule has 0 aliphatic rings. The van der Waals surface area contributed by atoms with Crippen LogP contribution in [0.15, 0.2) is 89.9 Å². The van der Waals surface area contributed by atoms with Crippen LogP contribution in [-0.4, -0.2) is 88.9 Å². The predicted molar refractivity (Wildman–Crippen MR) is 206 cm³/mol. The first kappa shape index (κ1) is 44.7. The van der Waals surface area contributed by atoms with E-state index >= 15 is 0 Å². The van der Waals surface area contributed by atoms with Crippen molar-refractivity contribution in [2.75, 3.05) is 13.1 Å². The van der Waals surface area contributed by atoms with Gasteiger partial charge in [-0.05, 0) is 41.7 Å². The highest BCUT2D eigenvalue weighted by molar-refractivity contribution is 5.95. The number of aliphatic carboxylic acids is 1. The molecule has 0 bridgehead atoms. The zero-order valence-corrected chi connectivity index (χ0v) is 30.6. The van der Waals surface area contributed by atoms with Gasteiger partial charge in [-0.15, -0.1) is 0 Å². The highest BCUT2D eigenvalue weighted by atomic mass is 16.4. The van der Waals surface area contributed by atoms with Gasteiger partial charge in [-0.3, -0.25) is 33.8 Å². The zero-order valence-electron chi connectivity index (χ0n) is 30.6. The molecule has 0 aliphatic heterocycles. The lowest BCUT2D eigenvalue weighted by atomic mass is 10.0. The minimum Gasteiger partial charge on any atom is -0.508 e. The van der Waals surface area contributed by atoms with Crippen LogP contribution in [-0.2, 0) is 48.0 Å². The summed E-state index contributed by atoms with van der Waals surface area (Å²) in [6.45, 7) is 1.37. The van der Waals surface area contributed by atoms with Crippen molar-refractivity contribution in [3.63, 3.8) is 0 Å². The van der Waals surface area contributed by atoms with Crippen molar-refractivity contribution < 1.29 is 39.0 Å². The number of nitrogens with two attached hydrogens (primary N) is 4. The molecule has 5 amide bonds. The molecule has 0 saturated heterocycles. The van der Waals surface area contributed by atoms with E-state index in [2.05, 4.69) is 26.3 Å². The van der Waals surface area contributed by atoms with E-state index in [1.807, 2.05) is 12.1 Å². The first-order valence-electron chi connectivity index (χ1n) is 17.5. The lowest BCUT2D eigenvalue weighted by Crippen LogP contribution is -2.59. The molecule has 0 aliphatic carbocycles. The molecule has 296 valence electrons. The zero-order chi connectivity index (χ0) is 40.8. The van der Waals surface area contributed by atoms with Gasteiger partial charge in [-0.2, -0.15) is 0 Å². The standard InChI is InChI=1S/C36H47N9O6.C2H4O2/c37-18-17-31(47)42-27(12-7-19-41-36(39)40)33(49)44-30(22-24-10-5-2-6-11-24)35(51)45-29(21-23-8-3-1-4-9-23)34(50)43-28(32(38)48)20-25-13-15-26(46)16-14-25;1-2(3)4/h1-6,8-11,13-16,27-30,46H,7,12,17-22,37H2,(H2,38,48)(H,42,47)(H,43,50)(H,44,49)(H,45,51)(H4,39,40,41);1H3,(H,3,4)/t27-,28-,29-,30-;/m0./s1. The molecule has 0 fully saturated rings. The number of phenolic OH excluding ortho intramolecular Hbond substituents is 1. The summed E-state index contributed by atoms with van der Waals surface area (Å²) in [5, 5.41) is 27.9. The lowest BCUT2D eigenvalue weighted by molar-refractivity contribution is -0.134. The molecule has 3 aromatic carbocycles. The highest BCUT2D eigenvalue weighted by Gasteiger charge is 2.31. The Morgan fingerprint density at radius 2 is 1.05 bits per heavy atom. The summed E-state index contributed by atoms with van der Waals surface area (Å²) in [6, 6.07) is 19.5. The van der Waals surface area contributed by atoms with Gasteiger partial charge in [-0.25, -0.2) is 0 Å². The van der Waals surface area contributed by atoms with E-state index in [0.717, 1.165) is 18.1 Å². The minimum atomic E-state index is -1.18. The van der Waals surface area contributed by atoms with Gasteiger partial charge < -0.3 is 54.4 Å². The molecule has 0 spiro atoms. The second-order valence-electron chi connectivity index (χ2n) is 12.5. The first-order valence-corrected chi connectivity index (χ1v) is 17.5. The molecular weight excluding hydrogens is 710 g/mol. The van der Waals surface area contributed by atoms with Crippen LogP contribution in [0.3, 0.4) is 0 Å². The smallest absolute Gasteiger partial charge is 0.300 e. The number of carboxylic acids is 1. The largest absolute Gasteiger partial charge is 0.508 e. The number of benzene rings is 3. The maximum absolute atomic E-state index is 14.0. The van der Waals surface area contributed by atoms with E-state index in [9.17, 15) is 29.1 Å². The third kappa shape index (κ3) is 18.2. The number of hydrogen-bond acceptors (Lipinski definition) is 9. The normalized spacial score (nSPS) is 12.5. The quantitative estimate of drug-likeness (QED) is 0.0391. The van der Waals surface area contributed by atoms with Crippen molar-refractivity contribution >= 4 is 41.5 Å². The summed E-state index contributed by atoms with van der Waals surface area (Å²) in [5.41, 5.74) is 24.1. The number of phenols is 1. The van der Waals surface area contributed by atoms with Crippen LogP contribution < -0.4 is 44.2 Å². The van der Waals surface area contributed by atoms with Crippen LogP contribution in [0.4, 0.5) is 0 Å². The molecule has 17 heteroatoms. The number of aromatic hydroxyl groups is 1. The number of carbonyl (C=O) groups is 6. The fourth-order valence-corrected chi connectivity index (χ4v) is 5.20. The Bertz CT molecular complexity index is 1720. The number of amides is 5. The fraction of sp³-hybridized carbons (Fsp3) is 0.342. The van der Waals surface area contributed by atoms with Gasteiger partial charge in [0.1, 0.15) is 29.9 Å². The third-order valence-corrected chi connectivity index (χ3v) is 7.84. The number of nitrogens with one attached hydrogen (secondary N) is 4. The molecule has 0 radical (unpaired) electrons. The second-order valence-corrected chi connectivity index (χ2v) is 12.5. The summed E-state index contributed by atoms with van der Waals surface area (Å²) >= 11 is 0. The number of carbonyl (C=O) groups excluding carboxylic acids is 5. The van der Waals surface area contributed by atoms with Crippen molar-refractivity contribution in [1.82, 2.24) is 21.3 Å². The molecule has 55 heavy (non-hydrogen) atoms. The molecule has 0 saturated carbocycles. The Balaban J connectivity index is 0.00000248. The van der Waals surface area contributed by atoms with E-state index in [1.54, 1.807) is 60.7 Å². The average Bonchev–Trinajstić information content (AvgIpc) is 3.13. The second kappa shape index (κ2) is 23.9. The Morgan fingerprint density at radius 1 is 0.636 bits per heavy atom. The maximum Gasteiger partial charge on any atom is 0.300 e. The van der Waals surface area contributed by atoms with Crippen molar-refractivity contribution in [3.8, 4) is 5.75 Å². The molecule has 0 aromatic heterocycles. The summed E-state index contributed by atoms with van der Waals surface area (Å²) in [7, 11) is 0. The van der Waals surface area contributed by atoms with Gasteiger partial charge in [0.2, 0.25) is 29.5 Å². The van der Waals surface area contributed by atoms with E-state index in [0.29, 0.717) is 12.0 Å². The van der Waals surface area contributed by atoms with Crippen LogP contribution in [0.5, 0.6) is 5.75 Å². The van der Waals surface area contributed by atoms with Gasteiger partial charge in [0.25, 0.3) is 5.97 Å². The summed E-state index contributed by atoms with van der Waals surface area (Å²) in [6.07, 6.45) is 0.644. The van der Waals surface area contributed by atoms with Crippen LogP contribution in [0.25, 0.3) is 0 Å². The van der Waals surface area contributed by atoms with E-state index < -0.39 is 59.7 Å². The molecule has 3 rings (SSSR count). The molecule has 0 unspecified atom stereocenters. The topological polar surface area (TPSA) is 307 Å². The molecule has 14 N–H and O–H groups in total. The Labute approximate surface area is 319 Å². The monoisotopic (exact) mass is 761 g/mol. The number of aliphatic imine (C=N–C) groups is 1. The van der Waals surface area contributed by atoms with E-state index in [1.165, 1.54) is 12.1 Å². The highest BCUT2D eigenvalue weighted by Crippen LogP contribution is 2.13. The molecule has 17 nitrogen and oxygen atoms in total. The molecular formula is C38H51N9O8. The van der Waals surface area contributed by atoms with Gasteiger partial charge in [-0.1, -0.05) is 72.8 Å². The van der Waals surface area contributed by atoms with E-state index in [4.69, 9.17) is 32.8 Å². The number of guanidine groups is 1. The Kier molecular flexibility index (Phi) is 19.4. The average molecular weight is 762 g/mol. The van der Waals surface area contributed by atoms with Gasteiger partial charge in [0.15, 0.2) is 5.96 Å². The SMILES string of the molecule is CC(=O)O.NCCC(=O)N[C@@H](CCCN=C(N)N)C(=O)N[C@@H](Cc1ccccc1)C(=O)N[C@@H](Cc1ccccc1)C(=O)N[C@@H](Cc1ccc(O)cc1)C(N)=O. The van der Waals surface area contributed by atoms with Gasteiger partial charge >= 0.3 is 0 Å². The summed E-state index contributed by atoms with van der Waals surface area (Å²) < 4.78 is 0. The number of primary amides is 1. The van der Waals surface area contributed by atoms with Gasteiger partial charge in [0.05, 0.1) is 0 Å². The number of hydrogen-bond donors (Lipinski definition) is 10. The number of carboxylic acid groups (broad SMARTS) is 1. The summed E-state index contributed by atoms with van der Waals surface area (Å²) in [4.78, 5) is 79.3. The first-order chi connectivity index (χ1) is 26.2. The Hall–Kier alpha value is -6.49. The van der Waals surface area contributed by atoms with Crippen molar-refractivity contribution in [2.45, 2.75) is 69.6 Å². The van der Waals surface area contributed by atoms with Crippen LogP contribution >= 0.6 is 0 Å². The third-order valence-electron chi connectivity index (χ3n) is 7.84. The summed E-state index contributed by atoms with van der Waals surface area (Å²) in [5.74, 6) is -4.13. The van der Waals surface area contributed by atoms with Crippen LogP contribution in [0, 0.1) is 0 Å². The van der Waals surface area contributed by atoms with Crippen LogP contribution in [0.1, 0.15) is 42.9 Å². The molecule has 0 heterocycles. The minimum absolute atomic E-state index is 0.0130. The lowest BCUT2D eigenvalue weighted by Gasteiger charge is -2.26. The van der Waals surface area contributed by atoms with Crippen molar-refractivity contribution in [3.05, 3.63) is 102 Å². The van der Waals surface area contributed by atoms with Crippen molar-refractivity contribution in [2.24, 2.45) is 27.9 Å². The molecule has 4 atom stereocenters. The van der Waals surface area contributed by atoms with Crippen molar-refractivity contribution in [1.29, 1.82) is 0 Å². The fourth-order valence-electron chi connectivity index (χ4n) is 5.20. The number of rotatable bonds is 20. The molecule has 3 aromatic rings. The van der Waals surface area contributed by atoms with Crippen LogP contribution in [0.2, 0.25) is 0 Å². The Morgan fingerprint density at radius 3 is 1.49 bits per heavy atom. The predicted octanol–water partition coefficient (Wildman–Crippen LogP) is -0.662. The van der Waals surface area contributed by atoms with Gasteiger partial charge in [0, 0.05) is 45.7 Å². The van der Waals surface area contributed by atoms with E-state index in [-0.39, 0.29) is 56.9 Å². The number of nitrogens with zero attached hydrogens (tertiary/aromatic N) is 1. The maximum atomic E-state index is 14.0.